The highest BCUT2D eigenvalue weighted by molar-refractivity contribution is 7.90. The topological polar surface area (TPSA) is 169 Å². The SMILES string of the molecule is C[C@@H](N)[C@@H](C)O.C[C@@H]1OC(c2ccc(-c3cc(Oc4ccc(S(C)(=O)=O)nc4)cc(O[C@@H](C)CO)c3)[nH]2)=N[C@@H]1C. The molecule has 3 heterocycles. The molecule has 0 radical (unpaired) electrons. The fourth-order valence-corrected chi connectivity index (χ4v) is 3.88. The lowest BCUT2D eigenvalue weighted by Gasteiger charge is -2.15. The van der Waals surface area contributed by atoms with Gasteiger partial charge < -0.3 is 35.1 Å². The number of ether oxygens (including phenoxy) is 3. The largest absolute Gasteiger partial charge is 0.488 e. The number of aliphatic hydroxyl groups is 2. The average Bonchev–Trinajstić information content (AvgIpc) is 3.51. The van der Waals surface area contributed by atoms with Crippen molar-refractivity contribution in [1.82, 2.24) is 9.97 Å². The third-order valence-corrected chi connectivity index (χ3v) is 7.09. The van der Waals surface area contributed by atoms with E-state index in [0.717, 1.165) is 23.2 Å². The van der Waals surface area contributed by atoms with Crippen molar-refractivity contribution in [2.45, 2.75) is 70.0 Å². The van der Waals surface area contributed by atoms with E-state index >= 15 is 0 Å². The first-order valence-corrected chi connectivity index (χ1v) is 14.8. The summed E-state index contributed by atoms with van der Waals surface area (Å²) in [7, 11) is -3.40. The van der Waals surface area contributed by atoms with Crippen molar-refractivity contribution in [3.63, 3.8) is 0 Å². The lowest BCUT2D eigenvalue weighted by molar-refractivity contribution is 0.129. The maximum absolute atomic E-state index is 11.7. The Morgan fingerprint density at radius 2 is 1.70 bits per heavy atom. The van der Waals surface area contributed by atoms with Crippen molar-refractivity contribution in [2.75, 3.05) is 12.9 Å². The van der Waals surface area contributed by atoms with Crippen LogP contribution in [-0.2, 0) is 14.6 Å². The number of hydrogen-bond donors (Lipinski definition) is 4. The maximum Gasteiger partial charge on any atom is 0.233 e. The molecule has 0 bridgehead atoms. The van der Waals surface area contributed by atoms with E-state index in [4.69, 9.17) is 25.1 Å². The number of aromatic nitrogens is 2. The van der Waals surface area contributed by atoms with Crippen LogP contribution in [0.1, 0.15) is 40.3 Å². The van der Waals surface area contributed by atoms with Crippen LogP contribution >= 0.6 is 0 Å². The van der Waals surface area contributed by atoms with E-state index in [2.05, 4.69) is 15.0 Å². The Morgan fingerprint density at radius 1 is 1.05 bits per heavy atom. The molecule has 11 nitrogen and oxygen atoms in total. The van der Waals surface area contributed by atoms with Crippen molar-refractivity contribution >= 4 is 15.7 Å². The van der Waals surface area contributed by atoms with E-state index < -0.39 is 15.9 Å². The summed E-state index contributed by atoms with van der Waals surface area (Å²) in [5.41, 5.74) is 7.53. The predicted octanol–water partition coefficient (Wildman–Crippen LogP) is 3.30. The molecule has 1 aliphatic heterocycles. The number of hydrogen-bond acceptors (Lipinski definition) is 10. The quantitative estimate of drug-likeness (QED) is 0.299. The van der Waals surface area contributed by atoms with Gasteiger partial charge in [0.05, 0.1) is 24.9 Å². The fraction of sp³-hybridized carbons (Fsp3) is 0.429. The Kier molecular flexibility index (Phi) is 10.3. The smallest absolute Gasteiger partial charge is 0.233 e. The molecule has 2 aromatic heterocycles. The Bertz CT molecular complexity index is 1400. The molecule has 0 unspecified atom stereocenters. The van der Waals surface area contributed by atoms with Crippen molar-refractivity contribution in [3.8, 4) is 28.5 Å². The number of aliphatic hydroxyl groups excluding tert-OH is 2. The number of nitrogens with two attached hydrogens (primary N) is 1. The highest BCUT2D eigenvalue weighted by Crippen LogP contribution is 2.33. The third-order valence-electron chi connectivity index (χ3n) is 6.09. The van der Waals surface area contributed by atoms with E-state index in [0.29, 0.717) is 23.1 Å². The highest BCUT2D eigenvalue weighted by atomic mass is 32.2. The fourth-order valence-electron chi connectivity index (χ4n) is 3.32. The minimum atomic E-state index is -3.40. The minimum absolute atomic E-state index is 0.0149. The van der Waals surface area contributed by atoms with E-state index in [9.17, 15) is 13.5 Å². The molecule has 5 N–H and O–H groups in total. The summed E-state index contributed by atoms with van der Waals surface area (Å²) in [6, 6.07) is 12.1. The van der Waals surface area contributed by atoms with Gasteiger partial charge >= 0.3 is 0 Å². The molecule has 1 aliphatic rings. The van der Waals surface area contributed by atoms with Crippen LogP contribution < -0.4 is 15.2 Å². The van der Waals surface area contributed by atoms with Crippen molar-refractivity contribution < 1.29 is 32.8 Å². The number of rotatable bonds is 9. The van der Waals surface area contributed by atoms with Gasteiger partial charge in [-0.25, -0.2) is 18.4 Å². The molecule has 4 rings (SSSR count). The van der Waals surface area contributed by atoms with Gasteiger partial charge in [-0.15, -0.1) is 0 Å². The lowest BCUT2D eigenvalue weighted by atomic mass is 10.1. The van der Waals surface area contributed by atoms with Crippen LogP contribution in [0.4, 0.5) is 0 Å². The number of aliphatic imine (C=N–C) groups is 1. The van der Waals surface area contributed by atoms with Crippen LogP contribution in [0.15, 0.2) is 58.7 Å². The summed E-state index contributed by atoms with van der Waals surface area (Å²) in [5, 5.41) is 17.9. The summed E-state index contributed by atoms with van der Waals surface area (Å²) >= 11 is 0. The second-order valence-electron chi connectivity index (χ2n) is 9.89. The number of benzene rings is 1. The van der Waals surface area contributed by atoms with Gasteiger partial charge in [0, 0.05) is 29.6 Å². The van der Waals surface area contributed by atoms with E-state index in [1.54, 1.807) is 26.8 Å². The molecule has 218 valence electrons. The summed E-state index contributed by atoms with van der Waals surface area (Å²) in [4.78, 5) is 11.8. The molecule has 0 aliphatic carbocycles. The number of nitrogens with zero attached hydrogens (tertiary/aromatic N) is 2. The zero-order valence-corrected chi connectivity index (χ0v) is 24.3. The molecule has 3 aromatic rings. The van der Waals surface area contributed by atoms with Gasteiger partial charge in [0.15, 0.2) is 14.9 Å². The average molecular weight is 575 g/mol. The molecule has 0 amide bonds. The third kappa shape index (κ3) is 8.52. The van der Waals surface area contributed by atoms with Crippen molar-refractivity contribution in [1.29, 1.82) is 0 Å². The molecule has 40 heavy (non-hydrogen) atoms. The van der Waals surface area contributed by atoms with Crippen LogP contribution in [-0.4, -0.2) is 77.8 Å². The maximum atomic E-state index is 11.7. The zero-order chi connectivity index (χ0) is 29.6. The second-order valence-corrected chi connectivity index (χ2v) is 11.9. The van der Waals surface area contributed by atoms with E-state index in [-0.39, 0.29) is 35.9 Å². The standard InChI is InChI=1S/C24H27N3O6S.C4H11NO/c1-14(13-28)31-19-9-17(21-6-7-22(27-21)24-26-15(2)16(3)32-24)10-20(11-19)33-18-5-8-23(25-12-18)34(4,29)30;1-3(5)4(2)6/h5-12,14-16,27-28H,13H2,1-4H3;3-4,6H,5H2,1-2H3/t14-,15+,16-;3-,4-/m01/s1. The predicted molar refractivity (Wildman–Crippen MR) is 153 cm³/mol. The number of sulfone groups is 1. The van der Waals surface area contributed by atoms with Gasteiger partial charge in [-0.1, -0.05) is 0 Å². The Morgan fingerprint density at radius 3 is 2.23 bits per heavy atom. The molecule has 0 fully saturated rings. The Hall–Kier alpha value is -3.45. The van der Waals surface area contributed by atoms with Gasteiger partial charge in [0.25, 0.3) is 0 Å². The summed E-state index contributed by atoms with van der Waals surface area (Å²) in [6.45, 7) is 9.04. The molecule has 1 aromatic carbocycles. The van der Waals surface area contributed by atoms with Crippen molar-refractivity contribution in [3.05, 3.63) is 54.4 Å². The number of aromatic amines is 1. The van der Waals surface area contributed by atoms with Crippen LogP contribution in [0.2, 0.25) is 0 Å². The van der Waals surface area contributed by atoms with Crippen LogP contribution in [0.3, 0.4) is 0 Å². The summed E-state index contributed by atoms with van der Waals surface area (Å²) < 4.78 is 40.9. The number of nitrogens with one attached hydrogen (secondary N) is 1. The lowest BCUT2D eigenvalue weighted by Crippen LogP contribution is -2.28. The van der Waals surface area contributed by atoms with Crippen LogP contribution in [0.5, 0.6) is 17.2 Å². The first kappa shape index (κ1) is 31.1. The molecule has 0 saturated carbocycles. The highest BCUT2D eigenvalue weighted by Gasteiger charge is 2.25. The number of H-pyrrole nitrogens is 1. The molecule has 12 heteroatoms. The molecule has 0 saturated heterocycles. The van der Waals surface area contributed by atoms with Gasteiger partial charge in [0.2, 0.25) is 5.90 Å². The Balaban J connectivity index is 0.000000663. The molecule has 5 atom stereocenters. The number of pyridine rings is 1. The van der Waals surface area contributed by atoms with E-state index in [1.807, 2.05) is 38.1 Å². The molecular weight excluding hydrogens is 536 g/mol. The molecular formula is C28H38N4O7S. The molecule has 0 spiro atoms. The Labute approximate surface area is 235 Å². The summed E-state index contributed by atoms with van der Waals surface area (Å²) in [5.74, 6) is 1.90. The summed E-state index contributed by atoms with van der Waals surface area (Å²) in [6.07, 6.45) is 1.68. The van der Waals surface area contributed by atoms with Crippen LogP contribution in [0, 0.1) is 0 Å². The normalized spacial score (nSPS) is 19.0. The van der Waals surface area contributed by atoms with Crippen molar-refractivity contribution in [2.24, 2.45) is 10.7 Å². The first-order chi connectivity index (χ1) is 18.8. The first-order valence-electron chi connectivity index (χ1n) is 12.9. The second kappa shape index (κ2) is 13.3. The van der Waals surface area contributed by atoms with Gasteiger partial charge in [-0.2, -0.15) is 0 Å². The zero-order valence-electron chi connectivity index (χ0n) is 23.5. The van der Waals surface area contributed by atoms with Crippen LogP contribution in [0.25, 0.3) is 11.3 Å². The monoisotopic (exact) mass is 574 g/mol. The van der Waals surface area contributed by atoms with E-state index in [1.165, 1.54) is 18.3 Å². The minimum Gasteiger partial charge on any atom is -0.488 e. The van der Waals surface area contributed by atoms with Gasteiger partial charge in [-0.05, 0) is 71.0 Å². The van der Waals surface area contributed by atoms with Gasteiger partial charge in [0.1, 0.15) is 35.2 Å². The van der Waals surface area contributed by atoms with Gasteiger partial charge in [-0.3, -0.25) is 0 Å².